The van der Waals surface area contributed by atoms with Gasteiger partial charge in [-0.05, 0) is 19.3 Å². The summed E-state index contributed by atoms with van der Waals surface area (Å²) in [5, 5.41) is 0. The van der Waals surface area contributed by atoms with Crippen molar-refractivity contribution in [3.63, 3.8) is 0 Å². The predicted molar refractivity (Wildman–Crippen MR) is 363 cm³/mol. The third kappa shape index (κ3) is 71.1. The molecule has 0 amide bonds. The fourth-order valence-electron chi connectivity index (χ4n) is 12.3. The van der Waals surface area contributed by atoms with Crippen molar-refractivity contribution in [2.75, 3.05) is 13.2 Å². The third-order valence-electron chi connectivity index (χ3n) is 18.1. The lowest BCUT2D eigenvalue weighted by Gasteiger charge is -2.18. The Bertz CT molecular complexity index is 1250. The molecule has 0 N–H and O–H groups in total. The van der Waals surface area contributed by atoms with E-state index in [9.17, 15) is 14.4 Å². The summed E-state index contributed by atoms with van der Waals surface area (Å²) in [4.78, 5) is 38.5. The number of ether oxygens (including phenoxy) is 3. The Hall–Kier alpha value is -1.59. The van der Waals surface area contributed by atoms with Crippen molar-refractivity contribution < 1.29 is 28.6 Å². The van der Waals surface area contributed by atoms with Gasteiger partial charge in [-0.25, -0.2) is 0 Å². The first-order chi connectivity index (χ1) is 41.0. The summed E-state index contributed by atoms with van der Waals surface area (Å²) in [7, 11) is 0. The molecular formula is C77H150O6. The first-order valence-electron chi connectivity index (χ1n) is 38.5. The van der Waals surface area contributed by atoms with Gasteiger partial charge in [-0.2, -0.15) is 0 Å². The fourth-order valence-corrected chi connectivity index (χ4v) is 12.3. The van der Waals surface area contributed by atoms with Gasteiger partial charge in [0.15, 0.2) is 6.10 Å². The largest absolute Gasteiger partial charge is 0.462 e. The molecule has 0 saturated heterocycles. The van der Waals surface area contributed by atoms with E-state index in [1.54, 1.807) is 0 Å². The highest BCUT2D eigenvalue weighted by molar-refractivity contribution is 5.71. The van der Waals surface area contributed by atoms with Gasteiger partial charge in [0.1, 0.15) is 13.2 Å². The lowest BCUT2D eigenvalue weighted by atomic mass is 10.0. The second-order valence-corrected chi connectivity index (χ2v) is 26.6. The molecule has 1 unspecified atom stereocenters. The van der Waals surface area contributed by atoms with Crippen molar-refractivity contribution in [1.29, 1.82) is 0 Å². The highest BCUT2D eigenvalue weighted by Gasteiger charge is 2.20. The summed E-state index contributed by atoms with van der Waals surface area (Å²) in [6, 6.07) is 0. The van der Waals surface area contributed by atoms with E-state index in [2.05, 4.69) is 20.8 Å². The monoisotopic (exact) mass is 1170 g/mol. The van der Waals surface area contributed by atoms with E-state index < -0.39 is 6.10 Å². The van der Waals surface area contributed by atoms with Crippen LogP contribution in [0.2, 0.25) is 0 Å². The predicted octanol–water partition coefficient (Wildman–Crippen LogP) is 26.6. The fraction of sp³-hybridized carbons (Fsp3) is 0.961. The van der Waals surface area contributed by atoms with E-state index in [-0.39, 0.29) is 31.1 Å². The average Bonchev–Trinajstić information content (AvgIpc) is 3.49. The zero-order valence-electron chi connectivity index (χ0n) is 57.0. The normalized spacial score (nSPS) is 11.9. The zero-order valence-corrected chi connectivity index (χ0v) is 57.0. The van der Waals surface area contributed by atoms with Crippen LogP contribution in [0.1, 0.15) is 457 Å². The van der Waals surface area contributed by atoms with Crippen LogP contribution in [-0.2, 0) is 28.6 Å². The standard InChI is InChI=1S/C77H150O6/c1-4-7-10-13-16-19-22-25-28-30-32-33-34-35-36-37-38-39-40-41-42-43-45-46-49-52-55-58-61-64-67-70-76(79)82-73-74(72-81-75(78)69-66-63-60-57-54-51-48-27-24-21-18-15-12-9-6-3)83-77(80)71-68-65-62-59-56-53-50-47-44-31-29-26-23-20-17-14-11-8-5-2/h74H,4-73H2,1-3H3. The molecule has 0 spiro atoms. The van der Waals surface area contributed by atoms with Crippen LogP contribution in [0.3, 0.4) is 0 Å². The summed E-state index contributed by atoms with van der Waals surface area (Å²) in [5.74, 6) is -0.816. The van der Waals surface area contributed by atoms with Crippen molar-refractivity contribution in [2.45, 2.75) is 463 Å². The second kappa shape index (κ2) is 72.9. The molecule has 0 aliphatic rings. The van der Waals surface area contributed by atoms with E-state index in [0.717, 1.165) is 57.8 Å². The van der Waals surface area contributed by atoms with Gasteiger partial charge in [0.05, 0.1) is 0 Å². The Labute approximate surface area is 520 Å². The van der Waals surface area contributed by atoms with Gasteiger partial charge in [-0.3, -0.25) is 14.4 Å². The van der Waals surface area contributed by atoms with Crippen molar-refractivity contribution in [3.05, 3.63) is 0 Å². The highest BCUT2D eigenvalue weighted by Crippen LogP contribution is 2.20. The van der Waals surface area contributed by atoms with Crippen LogP contribution in [0, 0.1) is 0 Å². The Morgan fingerprint density at radius 2 is 0.325 bits per heavy atom. The number of esters is 3. The molecule has 0 aliphatic heterocycles. The topological polar surface area (TPSA) is 78.9 Å². The summed E-state index contributed by atoms with van der Waals surface area (Å²) in [6.45, 7) is 6.76. The Morgan fingerprint density at radius 1 is 0.193 bits per heavy atom. The molecule has 0 bridgehead atoms. The van der Waals surface area contributed by atoms with E-state index in [0.29, 0.717) is 19.3 Å². The van der Waals surface area contributed by atoms with E-state index in [1.165, 1.54) is 360 Å². The van der Waals surface area contributed by atoms with Crippen LogP contribution in [-0.4, -0.2) is 37.2 Å². The Balaban J connectivity index is 4.13. The van der Waals surface area contributed by atoms with Crippen molar-refractivity contribution in [1.82, 2.24) is 0 Å². The van der Waals surface area contributed by atoms with E-state index in [4.69, 9.17) is 14.2 Å². The smallest absolute Gasteiger partial charge is 0.306 e. The maximum Gasteiger partial charge on any atom is 0.306 e. The number of unbranched alkanes of at least 4 members (excludes halogenated alkanes) is 62. The molecule has 0 aromatic rings. The van der Waals surface area contributed by atoms with Crippen LogP contribution >= 0.6 is 0 Å². The quantitative estimate of drug-likeness (QED) is 0.0343. The van der Waals surface area contributed by atoms with Crippen molar-refractivity contribution >= 4 is 17.9 Å². The zero-order chi connectivity index (χ0) is 59.9. The summed E-state index contributed by atoms with van der Waals surface area (Å²) in [5.41, 5.74) is 0. The molecule has 0 aliphatic carbocycles. The molecule has 83 heavy (non-hydrogen) atoms. The first-order valence-corrected chi connectivity index (χ1v) is 38.5. The summed E-state index contributed by atoms with van der Waals surface area (Å²) in [6.07, 6.45) is 87.3. The molecule has 0 fully saturated rings. The van der Waals surface area contributed by atoms with Gasteiger partial charge >= 0.3 is 17.9 Å². The molecule has 0 radical (unpaired) electrons. The van der Waals surface area contributed by atoms with Gasteiger partial charge in [0.2, 0.25) is 0 Å². The van der Waals surface area contributed by atoms with Crippen LogP contribution in [0.4, 0.5) is 0 Å². The molecule has 0 aromatic carbocycles. The van der Waals surface area contributed by atoms with E-state index >= 15 is 0 Å². The third-order valence-corrected chi connectivity index (χ3v) is 18.1. The Morgan fingerprint density at radius 3 is 0.482 bits per heavy atom. The minimum Gasteiger partial charge on any atom is -0.462 e. The van der Waals surface area contributed by atoms with E-state index in [1.807, 2.05) is 0 Å². The van der Waals surface area contributed by atoms with Gasteiger partial charge in [0, 0.05) is 19.3 Å². The highest BCUT2D eigenvalue weighted by atomic mass is 16.6. The van der Waals surface area contributed by atoms with Crippen LogP contribution in [0.25, 0.3) is 0 Å². The molecule has 6 nitrogen and oxygen atoms in total. The van der Waals surface area contributed by atoms with Gasteiger partial charge < -0.3 is 14.2 Å². The van der Waals surface area contributed by atoms with Gasteiger partial charge in [-0.15, -0.1) is 0 Å². The van der Waals surface area contributed by atoms with Crippen LogP contribution < -0.4 is 0 Å². The molecule has 0 rings (SSSR count). The Kier molecular flexibility index (Phi) is 71.5. The molecule has 6 heteroatoms. The minimum absolute atomic E-state index is 0.0599. The van der Waals surface area contributed by atoms with Crippen molar-refractivity contribution in [2.24, 2.45) is 0 Å². The SMILES string of the molecule is CCCCCCCCCCCCCCCCCCCCCCCCCCCCCCCCCC(=O)OCC(COC(=O)CCCCCCCCCCCCCCCCC)OC(=O)CCCCCCCCCCCCCCCCCCCCC. The molecular weight excluding hydrogens is 1020 g/mol. The van der Waals surface area contributed by atoms with Crippen molar-refractivity contribution in [3.8, 4) is 0 Å². The minimum atomic E-state index is -0.764. The van der Waals surface area contributed by atoms with Gasteiger partial charge in [0.25, 0.3) is 0 Å². The molecule has 0 saturated carbocycles. The van der Waals surface area contributed by atoms with Crippen LogP contribution in [0.5, 0.6) is 0 Å². The number of rotatable bonds is 73. The molecule has 0 heterocycles. The molecule has 1 atom stereocenters. The van der Waals surface area contributed by atoms with Crippen LogP contribution in [0.15, 0.2) is 0 Å². The first kappa shape index (κ1) is 81.4. The number of carbonyl (C=O) groups is 3. The summed E-state index contributed by atoms with van der Waals surface area (Å²) < 4.78 is 17.0. The molecule has 0 aromatic heterocycles. The average molecular weight is 1170 g/mol. The summed E-state index contributed by atoms with van der Waals surface area (Å²) >= 11 is 0. The maximum absolute atomic E-state index is 13.0. The number of carbonyl (C=O) groups excluding carboxylic acids is 3. The second-order valence-electron chi connectivity index (χ2n) is 26.6. The number of hydrogen-bond acceptors (Lipinski definition) is 6. The molecule has 494 valence electrons. The van der Waals surface area contributed by atoms with Gasteiger partial charge in [-0.1, -0.05) is 419 Å². The maximum atomic E-state index is 13.0. The lowest BCUT2D eigenvalue weighted by molar-refractivity contribution is -0.167. The number of hydrogen-bond donors (Lipinski definition) is 0. The lowest BCUT2D eigenvalue weighted by Crippen LogP contribution is -2.30.